The van der Waals surface area contributed by atoms with E-state index in [1.807, 2.05) is 36.4 Å². The number of hydrogen-bond donors (Lipinski definition) is 1. The van der Waals surface area contributed by atoms with Gasteiger partial charge in [0, 0.05) is 11.6 Å². The van der Waals surface area contributed by atoms with Gasteiger partial charge in [0.25, 0.3) is 5.91 Å². The average Bonchev–Trinajstić information content (AvgIpc) is 3.14. The number of rotatable bonds is 4. The van der Waals surface area contributed by atoms with Gasteiger partial charge >= 0.3 is 0 Å². The fourth-order valence-electron chi connectivity index (χ4n) is 2.89. The molecule has 4 rings (SSSR count). The van der Waals surface area contributed by atoms with Crippen LogP contribution in [0.3, 0.4) is 0 Å². The smallest absolute Gasteiger partial charge is 0.259 e. The Hall–Kier alpha value is -3.15. The van der Waals surface area contributed by atoms with Crippen molar-refractivity contribution in [2.45, 2.75) is 0 Å². The summed E-state index contributed by atoms with van der Waals surface area (Å²) >= 11 is 12.1. The summed E-state index contributed by atoms with van der Waals surface area (Å²) in [6.45, 7) is 0. The van der Waals surface area contributed by atoms with E-state index in [0.29, 0.717) is 22.2 Å². The molecule has 0 aliphatic heterocycles. The molecule has 1 N–H and O–H groups in total. The van der Waals surface area contributed by atoms with Crippen LogP contribution < -0.4 is 5.32 Å². The zero-order chi connectivity index (χ0) is 20.4. The highest BCUT2D eigenvalue weighted by Crippen LogP contribution is 2.29. The molecule has 0 spiro atoms. The SMILES string of the molecule is O=C(Nc1cc(-c2ccccc2)nn1-c1ccccc1Cl)c1cccc(Cl)c1F. The lowest BCUT2D eigenvalue weighted by atomic mass is 10.1. The number of para-hydroxylation sites is 1. The monoisotopic (exact) mass is 425 g/mol. The van der Waals surface area contributed by atoms with E-state index < -0.39 is 11.7 Å². The number of anilines is 1. The van der Waals surface area contributed by atoms with Crippen LogP contribution in [0.15, 0.2) is 78.9 Å². The van der Waals surface area contributed by atoms with Crippen LogP contribution in [-0.4, -0.2) is 15.7 Å². The second-order valence-electron chi connectivity index (χ2n) is 6.20. The van der Waals surface area contributed by atoms with Gasteiger partial charge in [-0.25, -0.2) is 9.07 Å². The largest absolute Gasteiger partial charge is 0.306 e. The third kappa shape index (κ3) is 3.88. The molecule has 1 heterocycles. The minimum Gasteiger partial charge on any atom is -0.306 e. The summed E-state index contributed by atoms with van der Waals surface area (Å²) in [5.41, 5.74) is 1.92. The number of benzene rings is 3. The Morgan fingerprint density at radius 1 is 0.897 bits per heavy atom. The highest BCUT2D eigenvalue weighted by atomic mass is 35.5. The van der Waals surface area contributed by atoms with Crippen LogP contribution in [0.2, 0.25) is 10.0 Å². The summed E-state index contributed by atoms with van der Waals surface area (Å²) in [5, 5.41) is 7.65. The standard InChI is InChI=1S/C22H14Cl2FN3O/c23-16-10-4-5-12-19(16)28-20(13-18(27-28)14-7-2-1-3-8-14)26-22(29)15-9-6-11-17(24)21(15)25/h1-13H,(H,26,29). The van der Waals surface area contributed by atoms with Crippen molar-refractivity contribution < 1.29 is 9.18 Å². The molecule has 0 radical (unpaired) electrons. The maximum Gasteiger partial charge on any atom is 0.259 e. The van der Waals surface area contributed by atoms with Gasteiger partial charge < -0.3 is 5.32 Å². The fraction of sp³-hybridized carbons (Fsp3) is 0. The zero-order valence-electron chi connectivity index (χ0n) is 14.9. The van der Waals surface area contributed by atoms with E-state index in [1.165, 1.54) is 22.9 Å². The minimum absolute atomic E-state index is 0.123. The van der Waals surface area contributed by atoms with E-state index >= 15 is 0 Å². The van der Waals surface area contributed by atoms with Crippen LogP contribution in [0.1, 0.15) is 10.4 Å². The van der Waals surface area contributed by atoms with Crippen molar-refractivity contribution >= 4 is 34.9 Å². The van der Waals surface area contributed by atoms with Gasteiger partial charge in [0.2, 0.25) is 0 Å². The summed E-state index contributed by atoms with van der Waals surface area (Å²) in [7, 11) is 0. The van der Waals surface area contributed by atoms with E-state index in [9.17, 15) is 9.18 Å². The van der Waals surface area contributed by atoms with Crippen molar-refractivity contribution in [2.24, 2.45) is 0 Å². The zero-order valence-corrected chi connectivity index (χ0v) is 16.5. The average molecular weight is 426 g/mol. The Bertz CT molecular complexity index is 1190. The first-order chi connectivity index (χ1) is 14.0. The van der Waals surface area contributed by atoms with E-state index in [4.69, 9.17) is 23.2 Å². The summed E-state index contributed by atoms with van der Waals surface area (Å²) < 4.78 is 15.8. The molecule has 7 heteroatoms. The highest BCUT2D eigenvalue weighted by molar-refractivity contribution is 6.32. The molecular weight excluding hydrogens is 412 g/mol. The molecule has 4 nitrogen and oxygen atoms in total. The molecule has 0 saturated heterocycles. The lowest BCUT2D eigenvalue weighted by Crippen LogP contribution is -2.16. The van der Waals surface area contributed by atoms with Crippen LogP contribution in [-0.2, 0) is 0 Å². The first kappa shape index (κ1) is 19.2. The maximum atomic E-state index is 14.3. The van der Waals surface area contributed by atoms with Crippen molar-refractivity contribution in [3.63, 3.8) is 0 Å². The van der Waals surface area contributed by atoms with E-state index in [2.05, 4.69) is 10.4 Å². The first-order valence-electron chi connectivity index (χ1n) is 8.70. The van der Waals surface area contributed by atoms with Crippen molar-refractivity contribution in [1.29, 1.82) is 0 Å². The van der Waals surface area contributed by atoms with Crippen LogP contribution in [0.5, 0.6) is 0 Å². The summed E-state index contributed by atoms with van der Waals surface area (Å²) in [5.74, 6) is -1.07. The molecule has 0 bridgehead atoms. The van der Waals surface area contributed by atoms with Crippen LogP contribution in [0, 0.1) is 5.82 Å². The predicted octanol–water partition coefficient (Wildman–Crippen LogP) is 6.24. The van der Waals surface area contributed by atoms with Crippen LogP contribution in [0.4, 0.5) is 10.2 Å². The topological polar surface area (TPSA) is 46.9 Å². The number of carbonyl (C=O) groups is 1. The lowest BCUT2D eigenvalue weighted by molar-refractivity contribution is 0.102. The molecule has 0 atom stereocenters. The van der Waals surface area contributed by atoms with Crippen molar-refractivity contribution in [3.8, 4) is 16.9 Å². The number of halogens is 3. The number of aromatic nitrogens is 2. The summed E-state index contributed by atoms with van der Waals surface area (Å²) in [4.78, 5) is 12.7. The van der Waals surface area contributed by atoms with Gasteiger partial charge in [0.15, 0.2) is 5.82 Å². The van der Waals surface area contributed by atoms with Gasteiger partial charge in [-0.3, -0.25) is 4.79 Å². The molecule has 0 unspecified atom stereocenters. The normalized spacial score (nSPS) is 10.7. The van der Waals surface area contributed by atoms with Gasteiger partial charge in [0.1, 0.15) is 5.82 Å². The molecule has 0 aliphatic rings. The van der Waals surface area contributed by atoms with Crippen molar-refractivity contribution in [3.05, 3.63) is 100 Å². The number of nitrogens with zero attached hydrogens (tertiary/aromatic N) is 2. The molecule has 4 aromatic rings. The second-order valence-corrected chi connectivity index (χ2v) is 7.01. The van der Waals surface area contributed by atoms with E-state index in [-0.39, 0.29) is 10.6 Å². The molecule has 3 aromatic carbocycles. The van der Waals surface area contributed by atoms with Gasteiger partial charge in [0.05, 0.1) is 27.0 Å². The third-order valence-electron chi connectivity index (χ3n) is 4.30. The van der Waals surface area contributed by atoms with Crippen LogP contribution in [0.25, 0.3) is 16.9 Å². The Balaban J connectivity index is 1.79. The Morgan fingerprint density at radius 2 is 1.59 bits per heavy atom. The second kappa shape index (κ2) is 8.07. The summed E-state index contributed by atoms with van der Waals surface area (Å²) in [6.07, 6.45) is 0. The van der Waals surface area contributed by atoms with E-state index in [0.717, 1.165) is 5.56 Å². The number of hydrogen-bond acceptors (Lipinski definition) is 2. The minimum atomic E-state index is -0.779. The molecule has 1 amide bonds. The van der Waals surface area contributed by atoms with Gasteiger partial charge in [-0.1, -0.05) is 71.7 Å². The highest BCUT2D eigenvalue weighted by Gasteiger charge is 2.19. The fourth-order valence-corrected chi connectivity index (χ4v) is 3.28. The first-order valence-corrected chi connectivity index (χ1v) is 9.46. The van der Waals surface area contributed by atoms with Crippen LogP contribution >= 0.6 is 23.2 Å². The Labute approximate surface area is 176 Å². The maximum absolute atomic E-state index is 14.3. The number of nitrogens with one attached hydrogen (secondary N) is 1. The van der Waals surface area contributed by atoms with E-state index in [1.54, 1.807) is 24.3 Å². The molecular formula is C22H14Cl2FN3O. The Morgan fingerprint density at radius 3 is 2.34 bits per heavy atom. The number of amides is 1. The predicted molar refractivity (Wildman–Crippen MR) is 113 cm³/mol. The molecule has 0 fully saturated rings. The number of carbonyl (C=O) groups excluding carboxylic acids is 1. The molecule has 144 valence electrons. The molecule has 0 aliphatic carbocycles. The molecule has 29 heavy (non-hydrogen) atoms. The third-order valence-corrected chi connectivity index (χ3v) is 4.91. The Kier molecular flexibility index (Phi) is 5.34. The molecule has 0 saturated carbocycles. The van der Waals surface area contributed by atoms with Gasteiger partial charge in [-0.05, 0) is 24.3 Å². The summed E-state index contributed by atoms with van der Waals surface area (Å²) in [6, 6.07) is 22.6. The molecule has 1 aromatic heterocycles. The van der Waals surface area contributed by atoms with Gasteiger partial charge in [-0.15, -0.1) is 0 Å². The van der Waals surface area contributed by atoms with Crippen molar-refractivity contribution in [1.82, 2.24) is 9.78 Å². The lowest BCUT2D eigenvalue weighted by Gasteiger charge is -2.11. The quantitative estimate of drug-likeness (QED) is 0.420. The van der Waals surface area contributed by atoms with Crippen molar-refractivity contribution in [2.75, 3.05) is 5.32 Å². The van der Waals surface area contributed by atoms with Gasteiger partial charge in [-0.2, -0.15) is 5.10 Å².